The molecule has 0 aliphatic carbocycles. The molecule has 1 unspecified atom stereocenters. The molecule has 12 heavy (non-hydrogen) atoms. The lowest BCUT2D eigenvalue weighted by atomic mass is 10.2. The molecule has 1 atom stereocenters. The zero-order chi connectivity index (χ0) is 9.35. The number of hydrogen-bond acceptors (Lipinski definition) is 4. The highest BCUT2D eigenvalue weighted by Gasteiger charge is 2.38. The molecule has 0 aromatic heterocycles. The number of rotatable bonds is 2. The van der Waals surface area contributed by atoms with Crippen LogP contribution in [0.1, 0.15) is 6.92 Å². The molecule has 5 heteroatoms. The topological polar surface area (TPSA) is 77.8 Å². The molecule has 1 aliphatic rings. The van der Waals surface area contributed by atoms with Crippen LogP contribution in [0.3, 0.4) is 0 Å². The van der Waals surface area contributed by atoms with Gasteiger partial charge in [-0.3, -0.25) is 9.59 Å². The number of imide groups is 1. The molecule has 1 heterocycles. The van der Waals surface area contributed by atoms with Crippen molar-refractivity contribution in [2.24, 2.45) is 0 Å². The largest absolute Gasteiger partial charge is 0.391 e. The Morgan fingerprint density at radius 2 is 1.83 bits per heavy atom. The van der Waals surface area contributed by atoms with Gasteiger partial charge in [-0.1, -0.05) is 0 Å². The first kappa shape index (κ1) is 8.89. The SMILES string of the molecule is CC(O)(CO)N1C(=O)C=CC1=O. The van der Waals surface area contributed by atoms with Crippen molar-refractivity contribution in [3.8, 4) is 0 Å². The van der Waals surface area contributed by atoms with Gasteiger partial charge in [-0.05, 0) is 6.92 Å². The first-order valence-electron chi connectivity index (χ1n) is 3.38. The third-order valence-electron chi connectivity index (χ3n) is 1.59. The lowest BCUT2D eigenvalue weighted by Gasteiger charge is -2.29. The summed E-state index contributed by atoms with van der Waals surface area (Å²) in [4.78, 5) is 22.5. The van der Waals surface area contributed by atoms with Crippen LogP contribution in [0.5, 0.6) is 0 Å². The Kier molecular flexibility index (Phi) is 1.99. The van der Waals surface area contributed by atoms with E-state index in [0.29, 0.717) is 4.90 Å². The number of nitrogens with zero attached hydrogens (tertiary/aromatic N) is 1. The molecule has 2 N–H and O–H groups in total. The van der Waals surface area contributed by atoms with Crippen LogP contribution < -0.4 is 0 Å². The van der Waals surface area contributed by atoms with Gasteiger partial charge < -0.3 is 10.2 Å². The van der Waals surface area contributed by atoms with Crippen LogP contribution in [0.4, 0.5) is 0 Å². The van der Waals surface area contributed by atoms with E-state index in [0.717, 1.165) is 12.2 Å². The van der Waals surface area contributed by atoms with Crippen LogP contribution >= 0.6 is 0 Å². The van der Waals surface area contributed by atoms with Crippen molar-refractivity contribution in [2.75, 3.05) is 6.61 Å². The molecule has 66 valence electrons. The first-order valence-corrected chi connectivity index (χ1v) is 3.38. The van der Waals surface area contributed by atoms with E-state index in [9.17, 15) is 14.7 Å². The fourth-order valence-corrected chi connectivity index (χ4v) is 0.946. The second kappa shape index (κ2) is 2.69. The standard InChI is InChI=1S/C7H9NO4/c1-7(12,4-9)8-5(10)2-3-6(8)11/h2-3,9,12H,4H2,1H3. The van der Waals surface area contributed by atoms with Crippen molar-refractivity contribution >= 4 is 11.8 Å². The monoisotopic (exact) mass is 171 g/mol. The van der Waals surface area contributed by atoms with Gasteiger partial charge in [-0.2, -0.15) is 0 Å². The molecule has 0 fully saturated rings. The molecule has 1 aliphatic heterocycles. The Bertz CT molecular complexity index is 238. The number of carbonyl (C=O) groups excluding carboxylic acids is 2. The van der Waals surface area contributed by atoms with Gasteiger partial charge in [0.1, 0.15) is 0 Å². The van der Waals surface area contributed by atoms with Gasteiger partial charge in [0.05, 0.1) is 6.61 Å². The average Bonchev–Trinajstić information content (AvgIpc) is 2.31. The third kappa shape index (κ3) is 1.24. The van der Waals surface area contributed by atoms with Crippen LogP contribution in [0.2, 0.25) is 0 Å². The van der Waals surface area contributed by atoms with Gasteiger partial charge in [-0.25, -0.2) is 4.90 Å². The van der Waals surface area contributed by atoms with Crippen molar-refractivity contribution in [3.05, 3.63) is 12.2 Å². The van der Waals surface area contributed by atoms with E-state index in [1.807, 2.05) is 0 Å². The average molecular weight is 171 g/mol. The van der Waals surface area contributed by atoms with Crippen molar-refractivity contribution in [1.29, 1.82) is 0 Å². The van der Waals surface area contributed by atoms with Crippen LogP contribution in [-0.2, 0) is 9.59 Å². The van der Waals surface area contributed by atoms with E-state index < -0.39 is 24.1 Å². The summed E-state index contributed by atoms with van der Waals surface area (Å²) in [6, 6.07) is 0. The maximum Gasteiger partial charge on any atom is 0.256 e. The minimum absolute atomic E-state index is 0.604. The fourth-order valence-electron chi connectivity index (χ4n) is 0.946. The summed E-state index contributed by atoms with van der Waals surface area (Å²) in [6.07, 6.45) is 2.10. The smallest absolute Gasteiger partial charge is 0.256 e. The predicted molar refractivity (Wildman–Crippen MR) is 38.7 cm³/mol. The van der Waals surface area contributed by atoms with Crippen molar-refractivity contribution in [2.45, 2.75) is 12.6 Å². The summed E-state index contributed by atoms with van der Waals surface area (Å²) in [5.74, 6) is -1.22. The van der Waals surface area contributed by atoms with E-state index in [1.54, 1.807) is 0 Å². The molecule has 0 saturated carbocycles. The maximum absolute atomic E-state index is 10.9. The molecular formula is C7H9NO4. The zero-order valence-corrected chi connectivity index (χ0v) is 6.52. The minimum atomic E-state index is -1.81. The molecule has 1 rings (SSSR count). The van der Waals surface area contributed by atoms with Crippen LogP contribution in [0, 0.1) is 0 Å². The summed E-state index contributed by atoms with van der Waals surface area (Å²) in [7, 11) is 0. The Balaban J connectivity index is 2.90. The Morgan fingerprint density at radius 3 is 2.17 bits per heavy atom. The van der Waals surface area contributed by atoms with E-state index in [4.69, 9.17) is 5.11 Å². The van der Waals surface area contributed by atoms with Crippen molar-refractivity contribution in [1.82, 2.24) is 4.90 Å². The van der Waals surface area contributed by atoms with Crippen LogP contribution in [-0.4, -0.2) is 39.3 Å². The van der Waals surface area contributed by atoms with Gasteiger partial charge >= 0.3 is 0 Å². The second-order valence-electron chi connectivity index (χ2n) is 2.72. The number of carbonyl (C=O) groups is 2. The Hall–Kier alpha value is -1.20. The highest BCUT2D eigenvalue weighted by molar-refractivity contribution is 6.13. The fraction of sp³-hybridized carbons (Fsp3) is 0.429. The van der Waals surface area contributed by atoms with Gasteiger partial charge in [0.2, 0.25) is 0 Å². The number of hydrogen-bond donors (Lipinski definition) is 2. The number of aliphatic hydroxyl groups excluding tert-OH is 1. The summed E-state index contributed by atoms with van der Waals surface area (Å²) in [5.41, 5.74) is -1.81. The van der Waals surface area contributed by atoms with Crippen LogP contribution in [0.25, 0.3) is 0 Å². The summed E-state index contributed by atoms with van der Waals surface area (Å²) in [5, 5.41) is 18.0. The van der Waals surface area contributed by atoms with Gasteiger partial charge in [0, 0.05) is 12.2 Å². The van der Waals surface area contributed by atoms with Crippen LogP contribution in [0.15, 0.2) is 12.2 Å². The predicted octanol–water partition coefficient (Wildman–Crippen LogP) is -1.39. The first-order chi connectivity index (χ1) is 5.49. The second-order valence-corrected chi connectivity index (χ2v) is 2.72. The molecule has 0 spiro atoms. The molecule has 0 bridgehead atoms. The van der Waals surface area contributed by atoms with E-state index in [2.05, 4.69) is 0 Å². The summed E-state index contributed by atoms with van der Waals surface area (Å²) >= 11 is 0. The molecule has 0 aromatic carbocycles. The van der Waals surface area contributed by atoms with E-state index in [-0.39, 0.29) is 0 Å². The highest BCUT2D eigenvalue weighted by atomic mass is 16.4. The lowest BCUT2D eigenvalue weighted by Crippen LogP contribution is -2.52. The third-order valence-corrected chi connectivity index (χ3v) is 1.59. The zero-order valence-electron chi connectivity index (χ0n) is 6.52. The van der Waals surface area contributed by atoms with Crippen molar-refractivity contribution in [3.63, 3.8) is 0 Å². The Labute approximate surface area is 68.9 Å². The molecule has 0 radical (unpaired) electrons. The molecule has 0 aromatic rings. The molecular weight excluding hydrogens is 162 g/mol. The minimum Gasteiger partial charge on any atom is -0.391 e. The van der Waals surface area contributed by atoms with Crippen molar-refractivity contribution < 1.29 is 19.8 Å². The van der Waals surface area contributed by atoms with Gasteiger partial charge in [-0.15, -0.1) is 0 Å². The summed E-state index contributed by atoms with van der Waals surface area (Å²) < 4.78 is 0. The summed E-state index contributed by atoms with van der Waals surface area (Å²) in [6.45, 7) is 0.516. The molecule has 2 amide bonds. The van der Waals surface area contributed by atoms with Gasteiger partial charge in [0.15, 0.2) is 5.72 Å². The number of aliphatic hydroxyl groups is 2. The maximum atomic E-state index is 10.9. The highest BCUT2D eigenvalue weighted by Crippen LogP contribution is 2.16. The van der Waals surface area contributed by atoms with E-state index in [1.165, 1.54) is 6.92 Å². The van der Waals surface area contributed by atoms with E-state index >= 15 is 0 Å². The molecule has 5 nitrogen and oxygen atoms in total. The number of amides is 2. The molecule has 0 saturated heterocycles. The quantitative estimate of drug-likeness (QED) is 0.501. The Morgan fingerprint density at radius 1 is 1.42 bits per heavy atom. The normalized spacial score (nSPS) is 21.8. The lowest BCUT2D eigenvalue weighted by molar-refractivity contribution is -0.167. The van der Waals surface area contributed by atoms with Gasteiger partial charge in [0.25, 0.3) is 11.8 Å².